The van der Waals surface area contributed by atoms with Gasteiger partial charge in [-0.15, -0.1) is 22.7 Å². The standard InChI is InChI=1S/C49H42N6O3S2/c56-45(29-33-9-3-1-4-10-33)54-27-7-13-41(54)47-52-31-43(59-47)37-19-15-34(16-20-37)35-17-21-38(22-18-35)44-32-53-48(60-44)42-14-8-28-55(42)49(58)40(36-11-5-2-6-12-36)30-51-46(57)39-23-25-50-26-24-39/h1-6,9-12,15-26,30-32,40-42H,7-8,13-14,27-29H2/b51-30+/t40?,41-,42-/m0/s1. The molecule has 1 unspecified atom stereocenters. The van der Waals surface area contributed by atoms with E-state index in [-0.39, 0.29) is 23.9 Å². The molecule has 3 aromatic heterocycles. The average molecular weight is 827 g/mol. The third kappa shape index (κ3) is 8.50. The van der Waals surface area contributed by atoms with Crippen LogP contribution in [0, 0.1) is 0 Å². The van der Waals surface area contributed by atoms with E-state index in [1.807, 2.05) is 82.9 Å². The number of thiazole rings is 2. The Morgan fingerprint density at radius 1 is 0.650 bits per heavy atom. The zero-order chi connectivity index (χ0) is 40.8. The second kappa shape index (κ2) is 17.8. The molecule has 60 heavy (non-hydrogen) atoms. The summed E-state index contributed by atoms with van der Waals surface area (Å²) in [5.74, 6) is -1.05. The number of benzene rings is 4. The van der Waals surface area contributed by atoms with Crippen LogP contribution in [0.1, 0.15) is 75.2 Å². The van der Waals surface area contributed by atoms with Crippen LogP contribution in [-0.2, 0) is 16.0 Å². The number of hydrogen-bond donors (Lipinski definition) is 0. The van der Waals surface area contributed by atoms with Gasteiger partial charge in [-0.2, -0.15) is 0 Å². The predicted octanol–water partition coefficient (Wildman–Crippen LogP) is 10.3. The minimum absolute atomic E-state index is 0.0285. The molecule has 9 rings (SSSR count). The highest BCUT2D eigenvalue weighted by Gasteiger charge is 2.36. The molecule has 3 atom stereocenters. The van der Waals surface area contributed by atoms with Gasteiger partial charge in [0.15, 0.2) is 0 Å². The zero-order valence-electron chi connectivity index (χ0n) is 32.8. The van der Waals surface area contributed by atoms with Crippen molar-refractivity contribution < 1.29 is 14.4 Å². The maximum absolute atomic E-state index is 14.2. The van der Waals surface area contributed by atoms with Crippen molar-refractivity contribution in [3.05, 3.63) is 173 Å². The average Bonchev–Trinajstić information content (AvgIpc) is 4.15. The molecule has 0 bridgehead atoms. The lowest BCUT2D eigenvalue weighted by Crippen LogP contribution is -2.35. The third-order valence-electron chi connectivity index (χ3n) is 11.3. The second-order valence-electron chi connectivity index (χ2n) is 15.1. The van der Waals surface area contributed by atoms with E-state index in [9.17, 15) is 14.4 Å². The van der Waals surface area contributed by atoms with Gasteiger partial charge in [0.1, 0.15) is 10.0 Å². The van der Waals surface area contributed by atoms with Crippen LogP contribution in [0.25, 0.3) is 32.0 Å². The van der Waals surface area contributed by atoms with Crippen molar-refractivity contribution in [2.75, 3.05) is 13.1 Å². The van der Waals surface area contributed by atoms with Crippen LogP contribution in [0.15, 0.2) is 151 Å². The van der Waals surface area contributed by atoms with Crippen molar-refractivity contribution in [1.82, 2.24) is 24.8 Å². The summed E-state index contributed by atoms with van der Waals surface area (Å²) in [5.41, 5.74) is 6.65. The lowest BCUT2D eigenvalue weighted by atomic mass is 9.98. The lowest BCUT2D eigenvalue weighted by Gasteiger charge is -2.26. The summed E-state index contributed by atoms with van der Waals surface area (Å²) < 4.78 is 0. The van der Waals surface area contributed by atoms with Crippen molar-refractivity contribution in [2.45, 2.75) is 50.1 Å². The highest BCUT2D eigenvalue weighted by atomic mass is 32.1. The Kier molecular flexibility index (Phi) is 11.6. The molecule has 7 aromatic rings. The van der Waals surface area contributed by atoms with Gasteiger partial charge in [0.2, 0.25) is 11.8 Å². The SMILES string of the molecule is O=C(/N=C/C(C(=O)N1CCC[C@H]1c1ncc(-c2ccc(-c3ccc(-c4cnc([C@@H]5CCCN5C(=O)Cc5ccccc5)s4)cc3)cc2)s1)c1ccccc1)c1ccncc1. The van der Waals surface area contributed by atoms with Crippen molar-refractivity contribution in [1.29, 1.82) is 0 Å². The number of likely N-dealkylation sites (tertiary alicyclic amines) is 2. The van der Waals surface area contributed by atoms with Crippen LogP contribution >= 0.6 is 22.7 Å². The Morgan fingerprint density at radius 2 is 1.17 bits per heavy atom. The van der Waals surface area contributed by atoms with E-state index in [4.69, 9.17) is 9.97 Å². The highest BCUT2D eigenvalue weighted by molar-refractivity contribution is 7.15. The molecule has 2 fully saturated rings. The number of pyridine rings is 1. The normalized spacial score (nSPS) is 17.0. The van der Waals surface area contributed by atoms with Gasteiger partial charge >= 0.3 is 0 Å². The van der Waals surface area contributed by atoms with Crippen LogP contribution in [0.5, 0.6) is 0 Å². The highest BCUT2D eigenvalue weighted by Crippen LogP contribution is 2.40. The number of rotatable bonds is 11. The first-order valence-corrected chi connectivity index (χ1v) is 21.9. The molecule has 9 nitrogen and oxygen atoms in total. The van der Waals surface area contributed by atoms with E-state index in [0.717, 1.165) is 85.4 Å². The molecule has 0 saturated carbocycles. The number of nitrogens with zero attached hydrogens (tertiary/aromatic N) is 6. The van der Waals surface area contributed by atoms with E-state index in [1.165, 1.54) is 6.21 Å². The number of amides is 3. The minimum atomic E-state index is -0.705. The van der Waals surface area contributed by atoms with Crippen LogP contribution in [0.3, 0.4) is 0 Å². The fourth-order valence-electron chi connectivity index (χ4n) is 8.13. The summed E-state index contributed by atoms with van der Waals surface area (Å²) in [5, 5.41) is 1.90. The number of carbonyl (C=O) groups is 3. The van der Waals surface area contributed by atoms with Crippen molar-refractivity contribution in [2.24, 2.45) is 4.99 Å². The fourth-order valence-corrected chi connectivity index (χ4v) is 10.3. The van der Waals surface area contributed by atoms with E-state index in [0.29, 0.717) is 18.5 Å². The maximum Gasteiger partial charge on any atom is 0.276 e. The first-order valence-electron chi connectivity index (χ1n) is 20.3. The first-order chi connectivity index (χ1) is 29.5. The quantitative estimate of drug-likeness (QED) is 0.120. The lowest BCUT2D eigenvalue weighted by molar-refractivity contribution is -0.132. The van der Waals surface area contributed by atoms with Crippen LogP contribution in [0.2, 0.25) is 0 Å². The Morgan fingerprint density at radius 3 is 1.75 bits per heavy atom. The summed E-state index contributed by atoms with van der Waals surface area (Å²) in [6, 6.07) is 39.7. The molecule has 11 heteroatoms. The molecule has 2 aliphatic rings. The molecule has 2 aliphatic heterocycles. The van der Waals surface area contributed by atoms with E-state index < -0.39 is 11.8 Å². The Balaban J connectivity index is 0.857. The van der Waals surface area contributed by atoms with Crippen LogP contribution in [0.4, 0.5) is 0 Å². The molecular weight excluding hydrogens is 785 g/mol. The Hall–Kier alpha value is -6.43. The zero-order valence-corrected chi connectivity index (χ0v) is 34.5. The van der Waals surface area contributed by atoms with Crippen LogP contribution < -0.4 is 0 Å². The summed E-state index contributed by atoms with van der Waals surface area (Å²) in [6.07, 6.45) is 12.5. The van der Waals surface area contributed by atoms with Gasteiger partial charge in [0.25, 0.3) is 5.91 Å². The molecule has 2 saturated heterocycles. The molecule has 0 spiro atoms. The largest absolute Gasteiger partial charge is 0.333 e. The molecule has 0 aliphatic carbocycles. The third-order valence-corrected chi connectivity index (χ3v) is 13.6. The minimum Gasteiger partial charge on any atom is -0.333 e. The number of aliphatic imine (C=N–C) groups is 1. The van der Waals surface area contributed by atoms with E-state index in [2.05, 4.69) is 58.5 Å². The van der Waals surface area contributed by atoms with Crippen molar-refractivity contribution >= 4 is 46.6 Å². The Bertz CT molecular complexity index is 2610. The van der Waals surface area contributed by atoms with Gasteiger partial charge < -0.3 is 9.80 Å². The molecule has 298 valence electrons. The second-order valence-corrected chi connectivity index (χ2v) is 17.2. The topological polar surface area (TPSA) is 109 Å². The fraction of sp³-hybridized carbons (Fsp3) is 0.204. The summed E-state index contributed by atoms with van der Waals surface area (Å²) in [6.45, 7) is 1.38. The summed E-state index contributed by atoms with van der Waals surface area (Å²) in [4.78, 5) is 64.2. The molecule has 4 aromatic carbocycles. The van der Waals surface area contributed by atoms with E-state index >= 15 is 0 Å². The van der Waals surface area contributed by atoms with Gasteiger partial charge in [-0.1, -0.05) is 109 Å². The Labute approximate surface area is 357 Å². The van der Waals surface area contributed by atoms with Crippen molar-refractivity contribution in [3.63, 3.8) is 0 Å². The van der Waals surface area contributed by atoms with Crippen molar-refractivity contribution in [3.8, 4) is 32.0 Å². The maximum atomic E-state index is 14.2. The van der Waals surface area contributed by atoms with E-state index in [1.54, 1.807) is 47.2 Å². The molecule has 0 radical (unpaired) electrons. The van der Waals surface area contributed by atoms with Gasteiger partial charge in [0, 0.05) is 49.7 Å². The smallest absolute Gasteiger partial charge is 0.276 e. The summed E-state index contributed by atoms with van der Waals surface area (Å²) >= 11 is 3.29. The van der Waals surface area contributed by atoms with Gasteiger partial charge in [-0.3, -0.25) is 19.4 Å². The number of hydrogen-bond acceptors (Lipinski definition) is 8. The molecular formula is C49H42N6O3S2. The first kappa shape index (κ1) is 39.1. The number of carbonyl (C=O) groups excluding carboxylic acids is 3. The monoisotopic (exact) mass is 826 g/mol. The molecule has 5 heterocycles. The van der Waals surface area contributed by atoms with Gasteiger partial charge in [0.05, 0.1) is 34.2 Å². The molecule has 3 amide bonds. The number of aromatic nitrogens is 3. The summed E-state index contributed by atoms with van der Waals surface area (Å²) in [7, 11) is 0. The van der Waals surface area contributed by atoms with Gasteiger partial charge in [-0.05, 0) is 71.2 Å². The molecule has 0 N–H and O–H groups in total. The van der Waals surface area contributed by atoms with Crippen LogP contribution in [-0.4, -0.2) is 61.8 Å². The predicted molar refractivity (Wildman–Crippen MR) is 238 cm³/mol. The van der Waals surface area contributed by atoms with Gasteiger partial charge in [-0.25, -0.2) is 15.0 Å².